The standard InChI is InChI=1S/C14H18N2/c1-3-9-15-14-11(4-2)10-12-7-5-6-8-13(12)16-14/h5-8,10H,3-4,9H2,1-2H3,(H,15,16). The van der Waals surface area contributed by atoms with E-state index >= 15 is 0 Å². The Bertz CT molecular complexity index is 477. The van der Waals surface area contributed by atoms with Crippen LogP contribution in [-0.4, -0.2) is 11.5 Å². The number of fused-ring (bicyclic) bond motifs is 1. The molecule has 1 aromatic carbocycles. The van der Waals surface area contributed by atoms with E-state index in [1.807, 2.05) is 6.07 Å². The highest BCUT2D eigenvalue weighted by atomic mass is 15.0. The third-order valence-corrected chi connectivity index (χ3v) is 2.73. The quantitative estimate of drug-likeness (QED) is 0.840. The van der Waals surface area contributed by atoms with E-state index in [0.717, 1.165) is 30.7 Å². The van der Waals surface area contributed by atoms with Gasteiger partial charge in [-0.3, -0.25) is 0 Å². The average Bonchev–Trinajstić information content (AvgIpc) is 2.35. The van der Waals surface area contributed by atoms with Crippen LogP contribution in [0, 0.1) is 0 Å². The Morgan fingerprint density at radius 2 is 2.00 bits per heavy atom. The Morgan fingerprint density at radius 1 is 1.19 bits per heavy atom. The number of pyridine rings is 1. The molecular formula is C14H18N2. The van der Waals surface area contributed by atoms with Gasteiger partial charge in [-0.05, 0) is 30.5 Å². The third-order valence-electron chi connectivity index (χ3n) is 2.73. The van der Waals surface area contributed by atoms with E-state index < -0.39 is 0 Å². The number of para-hydroxylation sites is 1. The Hall–Kier alpha value is -1.57. The first-order valence-corrected chi connectivity index (χ1v) is 5.97. The second kappa shape index (κ2) is 4.97. The molecule has 0 saturated heterocycles. The molecule has 1 heterocycles. The van der Waals surface area contributed by atoms with E-state index in [0.29, 0.717) is 0 Å². The molecule has 2 aromatic rings. The van der Waals surface area contributed by atoms with Gasteiger partial charge in [0.25, 0.3) is 0 Å². The van der Waals surface area contributed by atoms with Crippen LogP contribution in [-0.2, 0) is 6.42 Å². The normalized spacial score (nSPS) is 10.6. The van der Waals surface area contributed by atoms with Crippen molar-refractivity contribution in [2.45, 2.75) is 26.7 Å². The number of aromatic nitrogens is 1. The summed E-state index contributed by atoms with van der Waals surface area (Å²) in [6, 6.07) is 10.5. The van der Waals surface area contributed by atoms with Crippen LogP contribution in [0.5, 0.6) is 0 Å². The number of nitrogens with one attached hydrogen (secondary N) is 1. The van der Waals surface area contributed by atoms with Crippen LogP contribution < -0.4 is 5.32 Å². The monoisotopic (exact) mass is 214 g/mol. The first-order valence-electron chi connectivity index (χ1n) is 5.97. The van der Waals surface area contributed by atoms with E-state index in [4.69, 9.17) is 0 Å². The molecule has 84 valence electrons. The van der Waals surface area contributed by atoms with Crippen LogP contribution in [0.3, 0.4) is 0 Å². The maximum atomic E-state index is 4.67. The molecule has 1 aromatic heterocycles. The fourth-order valence-corrected chi connectivity index (χ4v) is 1.83. The van der Waals surface area contributed by atoms with Gasteiger partial charge in [-0.25, -0.2) is 4.98 Å². The van der Waals surface area contributed by atoms with Crippen molar-refractivity contribution >= 4 is 16.7 Å². The number of anilines is 1. The van der Waals surface area contributed by atoms with Crippen molar-refractivity contribution in [1.82, 2.24) is 4.98 Å². The second-order valence-electron chi connectivity index (χ2n) is 3.97. The Labute approximate surface area is 96.7 Å². The number of hydrogen-bond donors (Lipinski definition) is 1. The Kier molecular flexibility index (Phi) is 3.40. The van der Waals surface area contributed by atoms with Crippen LogP contribution in [0.2, 0.25) is 0 Å². The minimum Gasteiger partial charge on any atom is -0.370 e. The number of aryl methyl sites for hydroxylation is 1. The molecule has 0 fully saturated rings. The number of rotatable bonds is 4. The molecular weight excluding hydrogens is 196 g/mol. The highest BCUT2D eigenvalue weighted by Gasteiger charge is 2.04. The molecule has 2 rings (SSSR count). The van der Waals surface area contributed by atoms with E-state index in [1.165, 1.54) is 10.9 Å². The van der Waals surface area contributed by atoms with Gasteiger partial charge < -0.3 is 5.32 Å². The predicted octanol–water partition coefficient (Wildman–Crippen LogP) is 3.62. The van der Waals surface area contributed by atoms with Crippen molar-refractivity contribution in [3.05, 3.63) is 35.9 Å². The summed E-state index contributed by atoms with van der Waals surface area (Å²) < 4.78 is 0. The largest absolute Gasteiger partial charge is 0.370 e. The highest BCUT2D eigenvalue weighted by Crippen LogP contribution is 2.20. The molecule has 0 unspecified atom stereocenters. The van der Waals surface area contributed by atoms with Crippen molar-refractivity contribution in [1.29, 1.82) is 0 Å². The molecule has 2 heteroatoms. The van der Waals surface area contributed by atoms with Crippen molar-refractivity contribution in [3.63, 3.8) is 0 Å². The van der Waals surface area contributed by atoms with E-state index in [2.05, 4.69) is 48.4 Å². The molecule has 2 nitrogen and oxygen atoms in total. The van der Waals surface area contributed by atoms with Gasteiger partial charge in [0.15, 0.2) is 0 Å². The van der Waals surface area contributed by atoms with Gasteiger partial charge in [0.1, 0.15) is 5.82 Å². The first kappa shape index (κ1) is 10.9. The lowest BCUT2D eigenvalue weighted by atomic mass is 10.1. The zero-order chi connectivity index (χ0) is 11.4. The zero-order valence-electron chi connectivity index (χ0n) is 9.96. The molecule has 16 heavy (non-hydrogen) atoms. The van der Waals surface area contributed by atoms with Crippen LogP contribution in [0.1, 0.15) is 25.8 Å². The van der Waals surface area contributed by atoms with Gasteiger partial charge in [-0.1, -0.05) is 32.0 Å². The van der Waals surface area contributed by atoms with Gasteiger partial charge in [-0.2, -0.15) is 0 Å². The summed E-state index contributed by atoms with van der Waals surface area (Å²) in [5, 5.41) is 4.62. The van der Waals surface area contributed by atoms with Crippen LogP contribution in [0.15, 0.2) is 30.3 Å². The van der Waals surface area contributed by atoms with Crippen LogP contribution in [0.25, 0.3) is 10.9 Å². The van der Waals surface area contributed by atoms with Crippen molar-refractivity contribution in [2.24, 2.45) is 0 Å². The van der Waals surface area contributed by atoms with Crippen molar-refractivity contribution in [3.8, 4) is 0 Å². The van der Waals surface area contributed by atoms with Crippen LogP contribution >= 0.6 is 0 Å². The van der Waals surface area contributed by atoms with Gasteiger partial charge in [0, 0.05) is 11.9 Å². The zero-order valence-corrected chi connectivity index (χ0v) is 9.96. The molecule has 0 spiro atoms. The predicted molar refractivity (Wildman–Crippen MR) is 69.9 cm³/mol. The summed E-state index contributed by atoms with van der Waals surface area (Å²) in [6.07, 6.45) is 2.14. The Balaban J connectivity index is 2.45. The topological polar surface area (TPSA) is 24.9 Å². The lowest BCUT2D eigenvalue weighted by Crippen LogP contribution is -2.05. The number of nitrogens with zero attached hydrogens (tertiary/aromatic N) is 1. The van der Waals surface area contributed by atoms with Crippen molar-refractivity contribution < 1.29 is 0 Å². The molecule has 0 aliphatic carbocycles. The molecule has 0 bridgehead atoms. The summed E-state index contributed by atoms with van der Waals surface area (Å²) in [5.41, 5.74) is 2.37. The highest BCUT2D eigenvalue weighted by molar-refractivity contribution is 5.81. The van der Waals surface area contributed by atoms with Gasteiger partial charge in [-0.15, -0.1) is 0 Å². The SMILES string of the molecule is CCCNc1nc2ccccc2cc1CC. The minimum absolute atomic E-state index is 0.984. The van der Waals surface area contributed by atoms with Crippen molar-refractivity contribution in [2.75, 3.05) is 11.9 Å². The summed E-state index contributed by atoms with van der Waals surface area (Å²) in [4.78, 5) is 4.67. The van der Waals surface area contributed by atoms with E-state index in [1.54, 1.807) is 0 Å². The van der Waals surface area contributed by atoms with Gasteiger partial charge >= 0.3 is 0 Å². The molecule has 0 atom stereocenters. The Morgan fingerprint density at radius 3 is 2.75 bits per heavy atom. The molecule has 0 aliphatic rings. The van der Waals surface area contributed by atoms with E-state index in [9.17, 15) is 0 Å². The lowest BCUT2D eigenvalue weighted by Gasteiger charge is -2.10. The molecule has 1 N–H and O–H groups in total. The van der Waals surface area contributed by atoms with Gasteiger partial charge in [0.2, 0.25) is 0 Å². The third kappa shape index (κ3) is 2.16. The number of hydrogen-bond acceptors (Lipinski definition) is 2. The molecule has 0 amide bonds. The maximum absolute atomic E-state index is 4.67. The smallest absolute Gasteiger partial charge is 0.129 e. The minimum atomic E-state index is 0.984. The summed E-state index contributed by atoms with van der Waals surface area (Å²) in [7, 11) is 0. The molecule has 0 aliphatic heterocycles. The summed E-state index contributed by atoms with van der Waals surface area (Å²) >= 11 is 0. The maximum Gasteiger partial charge on any atom is 0.129 e. The summed E-state index contributed by atoms with van der Waals surface area (Å²) in [6.45, 7) is 5.32. The lowest BCUT2D eigenvalue weighted by molar-refractivity contribution is 0.962. The van der Waals surface area contributed by atoms with Gasteiger partial charge in [0.05, 0.1) is 5.52 Å². The average molecular weight is 214 g/mol. The second-order valence-corrected chi connectivity index (χ2v) is 3.97. The first-order chi connectivity index (χ1) is 7.85. The fraction of sp³-hybridized carbons (Fsp3) is 0.357. The molecule has 0 saturated carbocycles. The van der Waals surface area contributed by atoms with E-state index in [-0.39, 0.29) is 0 Å². The van der Waals surface area contributed by atoms with Crippen LogP contribution in [0.4, 0.5) is 5.82 Å². The molecule has 0 radical (unpaired) electrons. The summed E-state index contributed by atoms with van der Waals surface area (Å²) in [5.74, 6) is 1.04. The fourth-order valence-electron chi connectivity index (χ4n) is 1.83. The number of benzene rings is 1.